The minimum Gasteiger partial charge on any atom is -0.479 e. The van der Waals surface area contributed by atoms with Gasteiger partial charge in [0.15, 0.2) is 12.2 Å². The normalized spacial score (nSPS) is 23.5. The van der Waals surface area contributed by atoms with E-state index in [4.69, 9.17) is 14.6 Å². The van der Waals surface area contributed by atoms with E-state index < -0.39 is 18.2 Å². The van der Waals surface area contributed by atoms with Crippen molar-refractivity contribution in [2.45, 2.75) is 19.1 Å². The Morgan fingerprint density at radius 1 is 1.33 bits per heavy atom. The van der Waals surface area contributed by atoms with Crippen molar-refractivity contribution in [3.8, 4) is 5.75 Å². The van der Waals surface area contributed by atoms with Gasteiger partial charge in [-0.05, 0) is 19.1 Å². The van der Waals surface area contributed by atoms with Gasteiger partial charge in [0.05, 0.1) is 18.8 Å². The highest BCUT2D eigenvalue weighted by molar-refractivity contribution is 6.03. The Balaban J connectivity index is 1.76. The molecule has 3 rings (SSSR count). The Labute approximate surface area is 138 Å². The molecule has 1 aromatic carbocycles. The number of nitrogens with zero attached hydrogens (tertiary/aromatic N) is 2. The van der Waals surface area contributed by atoms with Gasteiger partial charge in [-0.15, -0.1) is 0 Å². The van der Waals surface area contributed by atoms with Crippen LogP contribution >= 0.6 is 0 Å². The number of ether oxygens (including phenoxy) is 2. The first kappa shape index (κ1) is 16.3. The summed E-state index contributed by atoms with van der Waals surface area (Å²) in [7, 11) is 0. The van der Waals surface area contributed by atoms with Crippen LogP contribution in [-0.2, 0) is 19.1 Å². The molecule has 0 aromatic heterocycles. The molecule has 24 heavy (non-hydrogen) atoms. The lowest BCUT2D eigenvalue weighted by Crippen LogP contribution is -2.54. The van der Waals surface area contributed by atoms with Gasteiger partial charge in [0.1, 0.15) is 12.3 Å². The molecular weight excluding hydrogens is 316 g/mol. The molecule has 8 heteroatoms. The summed E-state index contributed by atoms with van der Waals surface area (Å²) in [5, 5.41) is 9.02. The maximum atomic E-state index is 12.5. The van der Waals surface area contributed by atoms with E-state index in [0.29, 0.717) is 18.0 Å². The van der Waals surface area contributed by atoms with Gasteiger partial charge >= 0.3 is 5.97 Å². The minimum absolute atomic E-state index is 0.0239. The van der Waals surface area contributed by atoms with Crippen LogP contribution in [0.1, 0.15) is 6.92 Å². The van der Waals surface area contributed by atoms with Gasteiger partial charge in [-0.2, -0.15) is 0 Å². The Kier molecular flexibility index (Phi) is 4.39. The number of fused-ring (bicyclic) bond motifs is 1. The van der Waals surface area contributed by atoms with Crippen molar-refractivity contribution >= 4 is 23.5 Å². The van der Waals surface area contributed by atoms with Crippen molar-refractivity contribution in [3.63, 3.8) is 0 Å². The van der Waals surface area contributed by atoms with Crippen LogP contribution in [0.2, 0.25) is 0 Å². The van der Waals surface area contributed by atoms with E-state index in [1.807, 2.05) is 0 Å². The number of morpholine rings is 1. The molecule has 1 N–H and O–H groups in total. The summed E-state index contributed by atoms with van der Waals surface area (Å²) in [5.41, 5.74) is 0.539. The molecule has 0 bridgehead atoms. The quantitative estimate of drug-likeness (QED) is 0.843. The van der Waals surface area contributed by atoms with Gasteiger partial charge in [0, 0.05) is 6.54 Å². The third-order valence-corrected chi connectivity index (χ3v) is 4.06. The van der Waals surface area contributed by atoms with Gasteiger partial charge in [0.25, 0.3) is 5.91 Å². The number of carbonyl (C=O) groups is 3. The van der Waals surface area contributed by atoms with Crippen LogP contribution in [0.5, 0.6) is 5.75 Å². The minimum atomic E-state index is -1.10. The molecule has 0 aliphatic carbocycles. The zero-order chi connectivity index (χ0) is 17.3. The lowest BCUT2D eigenvalue weighted by Gasteiger charge is -2.35. The fourth-order valence-corrected chi connectivity index (χ4v) is 2.78. The number of para-hydroxylation sites is 2. The van der Waals surface area contributed by atoms with Crippen molar-refractivity contribution in [2.24, 2.45) is 0 Å². The monoisotopic (exact) mass is 334 g/mol. The smallest absolute Gasteiger partial charge is 0.334 e. The third-order valence-electron chi connectivity index (χ3n) is 4.06. The third kappa shape index (κ3) is 3.05. The highest BCUT2D eigenvalue weighted by Crippen LogP contribution is 2.33. The molecule has 2 heterocycles. The summed E-state index contributed by atoms with van der Waals surface area (Å²) in [4.78, 5) is 38.8. The summed E-state index contributed by atoms with van der Waals surface area (Å²) in [6.07, 6.45) is -1.71. The van der Waals surface area contributed by atoms with Crippen molar-refractivity contribution < 1.29 is 29.0 Å². The topological polar surface area (TPSA) is 96.4 Å². The number of carboxylic acids is 1. The maximum Gasteiger partial charge on any atom is 0.334 e. The number of carbonyl (C=O) groups excluding carboxylic acids is 2. The van der Waals surface area contributed by atoms with Gasteiger partial charge in [-0.3, -0.25) is 14.5 Å². The van der Waals surface area contributed by atoms with Crippen LogP contribution in [0.4, 0.5) is 5.69 Å². The van der Waals surface area contributed by atoms with Crippen LogP contribution in [0.3, 0.4) is 0 Å². The SMILES string of the molecule is CC1Oc2ccccc2N(CC(=O)N2CCOC(C(=O)O)C2)C1=O. The number of hydrogen-bond acceptors (Lipinski definition) is 5. The van der Waals surface area contributed by atoms with E-state index in [-0.39, 0.29) is 31.5 Å². The number of carboxylic acid groups (broad SMARTS) is 1. The Morgan fingerprint density at radius 3 is 2.83 bits per heavy atom. The van der Waals surface area contributed by atoms with E-state index >= 15 is 0 Å². The van der Waals surface area contributed by atoms with Crippen LogP contribution < -0.4 is 9.64 Å². The molecule has 2 aliphatic rings. The van der Waals surface area contributed by atoms with Gasteiger partial charge < -0.3 is 19.5 Å². The van der Waals surface area contributed by atoms with E-state index in [2.05, 4.69) is 0 Å². The van der Waals surface area contributed by atoms with E-state index in [1.165, 1.54) is 9.80 Å². The first-order chi connectivity index (χ1) is 11.5. The zero-order valence-electron chi connectivity index (χ0n) is 13.2. The number of rotatable bonds is 3. The second-order valence-electron chi connectivity index (χ2n) is 5.69. The summed E-state index contributed by atoms with van der Waals surface area (Å²) < 4.78 is 10.6. The highest BCUT2D eigenvalue weighted by Gasteiger charge is 2.35. The van der Waals surface area contributed by atoms with E-state index in [1.54, 1.807) is 31.2 Å². The number of amides is 2. The number of benzene rings is 1. The molecule has 1 saturated heterocycles. The standard InChI is InChI=1S/C16H18N2O6/c1-10-15(20)18(11-4-2-3-5-12(11)24-10)9-14(19)17-6-7-23-13(8-17)16(21)22/h2-5,10,13H,6-9H2,1H3,(H,21,22). The van der Waals surface area contributed by atoms with Crippen molar-refractivity contribution in [2.75, 3.05) is 31.1 Å². The number of aliphatic carboxylic acids is 1. The molecule has 128 valence electrons. The van der Waals surface area contributed by atoms with Gasteiger partial charge in [-0.25, -0.2) is 4.79 Å². The summed E-state index contributed by atoms with van der Waals surface area (Å²) in [6.45, 7) is 1.91. The molecule has 2 amide bonds. The number of anilines is 1. The molecule has 2 atom stereocenters. The van der Waals surface area contributed by atoms with Crippen molar-refractivity contribution in [1.82, 2.24) is 4.90 Å². The van der Waals surface area contributed by atoms with E-state index in [9.17, 15) is 14.4 Å². The lowest BCUT2D eigenvalue weighted by molar-refractivity contribution is -0.159. The Hall–Kier alpha value is -2.61. The van der Waals surface area contributed by atoms with E-state index in [0.717, 1.165) is 0 Å². The molecule has 0 radical (unpaired) electrons. The Bertz CT molecular complexity index is 676. The first-order valence-electron chi connectivity index (χ1n) is 7.66. The first-order valence-corrected chi connectivity index (χ1v) is 7.66. The predicted octanol–water partition coefficient (Wildman–Crippen LogP) is 0.112. The van der Waals surface area contributed by atoms with Crippen molar-refractivity contribution in [3.05, 3.63) is 24.3 Å². The average Bonchev–Trinajstić information content (AvgIpc) is 2.58. The second-order valence-corrected chi connectivity index (χ2v) is 5.69. The lowest BCUT2D eigenvalue weighted by atomic mass is 10.2. The van der Waals surface area contributed by atoms with Crippen LogP contribution in [-0.4, -0.2) is 66.2 Å². The fourth-order valence-electron chi connectivity index (χ4n) is 2.78. The summed E-state index contributed by atoms with van der Waals surface area (Å²) in [6, 6.07) is 7.01. The second kappa shape index (κ2) is 6.48. The maximum absolute atomic E-state index is 12.5. The van der Waals surface area contributed by atoms with Crippen molar-refractivity contribution in [1.29, 1.82) is 0 Å². The predicted molar refractivity (Wildman–Crippen MR) is 82.8 cm³/mol. The summed E-state index contributed by atoms with van der Waals surface area (Å²) in [5.74, 6) is -1.18. The Morgan fingerprint density at radius 2 is 2.08 bits per heavy atom. The van der Waals surface area contributed by atoms with Crippen LogP contribution in [0, 0.1) is 0 Å². The fraction of sp³-hybridized carbons (Fsp3) is 0.438. The highest BCUT2D eigenvalue weighted by atomic mass is 16.5. The zero-order valence-corrected chi connectivity index (χ0v) is 13.2. The van der Waals surface area contributed by atoms with Crippen LogP contribution in [0.15, 0.2) is 24.3 Å². The van der Waals surface area contributed by atoms with Gasteiger partial charge in [0.2, 0.25) is 5.91 Å². The molecule has 1 fully saturated rings. The average molecular weight is 334 g/mol. The molecule has 0 spiro atoms. The van der Waals surface area contributed by atoms with Crippen LogP contribution in [0.25, 0.3) is 0 Å². The molecule has 1 aromatic rings. The molecule has 8 nitrogen and oxygen atoms in total. The summed E-state index contributed by atoms with van der Waals surface area (Å²) >= 11 is 0. The molecular formula is C16H18N2O6. The molecule has 0 saturated carbocycles. The number of hydrogen-bond donors (Lipinski definition) is 1. The van der Waals surface area contributed by atoms with Gasteiger partial charge in [-0.1, -0.05) is 12.1 Å². The molecule has 2 aliphatic heterocycles. The largest absolute Gasteiger partial charge is 0.479 e. The molecule has 2 unspecified atom stereocenters.